The van der Waals surface area contributed by atoms with Crippen LogP contribution in [0.1, 0.15) is 58.6 Å². The molecule has 1 saturated heterocycles. The quantitative estimate of drug-likeness (QED) is 0.605. The Labute approximate surface area is 212 Å². The van der Waals surface area contributed by atoms with Crippen molar-refractivity contribution < 1.29 is 27.6 Å². The van der Waals surface area contributed by atoms with Gasteiger partial charge in [-0.1, -0.05) is 6.92 Å². The third kappa shape index (κ3) is 5.67. The van der Waals surface area contributed by atoms with E-state index in [1.807, 2.05) is 12.2 Å². The lowest BCUT2D eigenvalue weighted by atomic mass is 9.95. The third-order valence-corrected chi connectivity index (χ3v) is 6.67. The molecule has 12 heteroatoms. The molecule has 2 atom stereocenters. The van der Waals surface area contributed by atoms with Crippen LogP contribution in [0.15, 0.2) is 30.5 Å². The minimum atomic E-state index is -4.55. The van der Waals surface area contributed by atoms with E-state index in [2.05, 4.69) is 14.9 Å². The summed E-state index contributed by atoms with van der Waals surface area (Å²) in [4.78, 5) is 52.3. The van der Waals surface area contributed by atoms with Crippen molar-refractivity contribution in [3.63, 3.8) is 0 Å². The fraction of sp³-hybridized carbons (Fsp3) is 0.480. The largest absolute Gasteiger partial charge is 0.405 e. The molecule has 0 spiro atoms. The lowest BCUT2D eigenvalue weighted by Gasteiger charge is -2.36. The first-order valence-corrected chi connectivity index (χ1v) is 12.1. The lowest BCUT2D eigenvalue weighted by molar-refractivity contribution is -0.123. The van der Waals surface area contributed by atoms with Gasteiger partial charge in [0, 0.05) is 57.0 Å². The van der Waals surface area contributed by atoms with E-state index < -0.39 is 18.6 Å². The standard InChI is InChI=1S/C25H29F3N6O3/c1-4-15(19-11-16(7-9-29-19)24(37)32(2)3)12-21(35)34-17-8-10-33(13-17)20-6-5-18(31-22(20)34)23(36)30-14-25(26,27)28/h5-7,9,11,15,17H,4,8,10,12-14H2,1-3H3,(H,30,36)/t15?,17-/m0/s1. The molecule has 1 fully saturated rings. The second-order valence-electron chi connectivity index (χ2n) is 9.47. The minimum Gasteiger partial charge on any atom is -0.366 e. The molecule has 2 aromatic rings. The fourth-order valence-electron chi connectivity index (χ4n) is 4.76. The molecule has 1 N–H and O–H groups in total. The molecule has 0 saturated carbocycles. The number of anilines is 2. The van der Waals surface area contributed by atoms with Crippen molar-refractivity contribution in [2.24, 2.45) is 0 Å². The molecule has 2 aromatic heterocycles. The normalized spacial score (nSPS) is 17.3. The van der Waals surface area contributed by atoms with Gasteiger partial charge in [-0.3, -0.25) is 24.3 Å². The van der Waals surface area contributed by atoms with Gasteiger partial charge >= 0.3 is 6.18 Å². The average Bonchev–Trinajstić information content (AvgIpc) is 3.28. The van der Waals surface area contributed by atoms with E-state index in [1.165, 1.54) is 11.0 Å². The van der Waals surface area contributed by atoms with Crippen LogP contribution in [0, 0.1) is 0 Å². The summed E-state index contributed by atoms with van der Waals surface area (Å²) in [5.41, 5.74) is 1.58. The number of carbonyl (C=O) groups is 3. The van der Waals surface area contributed by atoms with Gasteiger partial charge < -0.3 is 15.1 Å². The summed E-state index contributed by atoms with van der Waals surface area (Å²) in [5.74, 6) is -1.33. The van der Waals surface area contributed by atoms with E-state index in [4.69, 9.17) is 0 Å². The minimum absolute atomic E-state index is 0.102. The van der Waals surface area contributed by atoms with E-state index in [1.54, 1.807) is 43.4 Å². The van der Waals surface area contributed by atoms with E-state index in [0.29, 0.717) is 42.9 Å². The zero-order valence-corrected chi connectivity index (χ0v) is 20.9. The zero-order chi connectivity index (χ0) is 26.9. The van der Waals surface area contributed by atoms with Crippen LogP contribution in [0.25, 0.3) is 0 Å². The summed E-state index contributed by atoms with van der Waals surface area (Å²) in [6, 6.07) is 6.17. The van der Waals surface area contributed by atoms with Crippen LogP contribution in [-0.2, 0) is 4.79 Å². The summed E-state index contributed by atoms with van der Waals surface area (Å²) in [6.07, 6.45) is -1.58. The van der Waals surface area contributed by atoms with E-state index in [0.717, 1.165) is 0 Å². The van der Waals surface area contributed by atoms with Crippen molar-refractivity contribution in [3.8, 4) is 0 Å². The summed E-state index contributed by atoms with van der Waals surface area (Å²) in [6.45, 7) is 1.78. The molecule has 1 unspecified atom stereocenters. The average molecular weight is 519 g/mol. The van der Waals surface area contributed by atoms with Gasteiger partial charge in [0.1, 0.15) is 12.2 Å². The van der Waals surface area contributed by atoms with Gasteiger partial charge in [-0.15, -0.1) is 0 Å². The van der Waals surface area contributed by atoms with Crippen LogP contribution in [0.3, 0.4) is 0 Å². The number of nitrogens with zero attached hydrogens (tertiary/aromatic N) is 5. The number of rotatable bonds is 7. The summed E-state index contributed by atoms with van der Waals surface area (Å²) in [7, 11) is 3.32. The monoisotopic (exact) mass is 518 g/mol. The molecule has 2 aliphatic heterocycles. The number of hydrogen-bond donors (Lipinski definition) is 1. The van der Waals surface area contributed by atoms with Crippen LogP contribution in [0.2, 0.25) is 0 Å². The Morgan fingerprint density at radius 3 is 2.65 bits per heavy atom. The molecular formula is C25H29F3N6O3. The highest BCUT2D eigenvalue weighted by atomic mass is 19.4. The van der Waals surface area contributed by atoms with Crippen molar-refractivity contribution >= 4 is 29.2 Å². The Bertz CT molecular complexity index is 1200. The van der Waals surface area contributed by atoms with Gasteiger partial charge in [0.25, 0.3) is 11.8 Å². The number of aromatic nitrogens is 2. The molecule has 3 amide bonds. The van der Waals surface area contributed by atoms with E-state index in [-0.39, 0.29) is 41.7 Å². The Morgan fingerprint density at radius 2 is 1.97 bits per heavy atom. The zero-order valence-electron chi connectivity index (χ0n) is 20.9. The van der Waals surface area contributed by atoms with Crippen molar-refractivity contribution in [1.82, 2.24) is 20.2 Å². The number of fused-ring (bicyclic) bond motifs is 4. The predicted molar refractivity (Wildman–Crippen MR) is 131 cm³/mol. The van der Waals surface area contributed by atoms with Gasteiger partial charge in [-0.25, -0.2) is 4.98 Å². The van der Waals surface area contributed by atoms with Gasteiger partial charge in [0.05, 0.1) is 11.7 Å². The highest BCUT2D eigenvalue weighted by Crippen LogP contribution is 2.40. The third-order valence-electron chi connectivity index (χ3n) is 6.67. The first kappa shape index (κ1) is 26.4. The number of hydrogen-bond acceptors (Lipinski definition) is 6. The number of carbonyl (C=O) groups excluding carboxylic acids is 3. The van der Waals surface area contributed by atoms with Crippen molar-refractivity contribution in [1.29, 1.82) is 0 Å². The Balaban J connectivity index is 1.59. The molecule has 4 heterocycles. The van der Waals surface area contributed by atoms with Crippen LogP contribution in [0.5, 0.6) is 0 Å². The summed E-state index contributed by atoms with van der Waals surface area (Å²) < 4.78 is 37.7. The number of pyridine rings is 2. The van der Waals surface area contributed by atoms with Crippen molar-refractivity contribution in [3.05, 3.63) is 47.4 Å². The predicted octanol–water partition coefficient (Wildman–Crippen LogP) is 2.98. The Morgan fingerprint density at radius 1 is 1.22 bits per heavy atom. The maximum atomic E-state index is 13.7. The van der Waals surface area contributed by atoms with Crippen LogP contribution >= 0.6 is 0 Å². The second kappa shape index (κ2) is 10.3. The number of halogens is 3. The smallest absolute Gasteiger partial charge is 0.366 e. The molecule has 2 bridgehead atoms. The maximum Gasteiger partial charge on any atom is 0.405 e. The molecule has 0 radical (unpaired) electrons. The number of nitrogens with one attached hydrogen (secondary N) is 1. The maximum absolute atomic E-state index is 13.7. The van der Waals surface area contributed by atoms with Crippen LogP contribution in [-0.4, -0.2) is 78.5 Å². The van der Waals surface area contributed by atoms with E-state index in [9.17, 15) is 27.6 Å². The molecule has 0 aromatic carbocycles. The van der Waals surface area contributed by atoms with Crippen molar-refractivity contribution in [2.75, 3.05) is 43.5 Å². The Kier molecular flexibility index (Phi) is 7.37. The summed E-state index contributed by atoms with van der Waals surface area (Å²) >= 11 is 0. The van der Waals surface area contributed by atoms with Crippen LogP contribution < -0.4 is 15.1 Å². The first-order chi connectivity index (χ1) is 17.5. The molecular weight excluding hydrogens is 489 g/mol. The van der Waals surface area contributed by atoms with Gasteiger partial charge in [0.2, 0.25) is 5.91 Å². The topological polar surface area (TPSA) is 98.7 Å². The van der Waals surface area contributed by atoms with Gasteiger partial charge in [-0.2, -0.15) is 13.2 Å². The fourth-order valence-corrected chi connectivity index (χ4v) is 4.76. The van der Waals surface area contributed by atoms with E-state index >= 15 is 0 Å². The van der Waals surface area contributed by atoms with Gasteiger partial charge in [0.15, 0.2) is 5.82 Å². The van der Waals surface area contributed by atoms with Crippen LogP contribution in [0.4, 0.5) is 24.7 Å². The molecule has 2 aliphatic rings. The highest BCUT2D eigenvalue weighted by Gasteiger charge is 2.41. The number of amides is 3. The second-order valence-corrected chi connectivity index (χ2v) is 9.47. The molecule has 4 rings (SSSR count). The van der Waals surface area contributed by atoms with Crippen molar-refractivity contribution in [2.45, 2.75) is 44.3 Å². The SMILES string of the molecule is CCC(CC(=O)N1c2nc(C(=O)NCC(F)(F)F)ccc2N2CC[C@H]1C2)c1cc(C(=O)N(C)C)ccn1. The van der Waals surface area contributed by atoms with Gasteiger partial charge in [-0.05, 0) is 37.1 Å². The summed E-state index contributed by atoms with van der Waals surface area (Å²) in [5, 5.41) is 1.83. The molecule has 37 heavy (non-hydrogen) atoms. The lowest BCUT2D eigenvalue weighted by Crippen LogP contribution is -2.47. The molecule has 0 aliphatic carbocycles. The highest BCUT2D eigenvalue weighted by molar-refractivity contribution is 6.00. The molecule has 198 valence electrons. The number of alkyl halides is 3. The first-order valence-electron chi connectivity index (χ1n) is 12.1. The molecule has 9 nitrogen and oxygen atoms in total. The Hall–Kier alpha value is -3.70.